The van der Waals surface area contributed by atoms with Crippen molar-refractivity contribution in [3.05, 3.63) is 62.8 Å². The van der Waals surface area contributed by atoms with E-state index in [1.54, 1.807) is 0 Å². The molecule has 144 valence electrons. The van der Waals surface area contributed by atoms with E-state index in [0.29, 0.717) is 38.3 Å². The van der Waals surface area contributed by atoms with Crippen LogP contribution in [0.25, 0.3) is 0 Å². The summed E-state index contributed by atoms with van der Waals surface area (Å²) >= 11 is 0. The number of benzene rings is 1. The summed E-state index contributed by atoms with van der Waals surface area (Å²) in [5.41, 5.74) is 0.237. The fourth-order valence-corrected chi connectivity index (χ4v) is 3.39. The average molecular weight is 372 g/mol. The van der Waals surface area contributed by atoms with Crippen LogP contribution in [0, 0.1) is 5.92 Å². The number of rotatable bonds is 5. The maximum atomic E-state index is 12.4. The highest BCUT2D eigenvalue weighted by molar-refractivity contribution is 5.64. The Hall–Kier alpha value is -3.03. The number of H-pyrrole nitrogens is 1. The molecule has 1 aromatic heterocycles. The van der Waals surface area contributed by atoms with Crippen LogP contribution in [-0.2, 0) is 6.54 Å². The van der Waals surface area contributed by atoms with Gasteiger partial charge in [0.15, 0.2) is 0 Å². The smallest absolute Gasteiger partial charge is 0.407 e. The number of carboxylic acid groups (broad SMARTS) is 1. The minimum atomic E-state index is -0.925. The summed E-state index contributed by atoms with van der Waals surface area (Å²) < 4.78 is 1.19. The van der Waals surface area contributed by atoms with Crippen molar-refractivity contribution in [2.24, 2.45) is 5.92 Å². The third-order valence-electron chi connectivity index (χ3n) is 5.02. The fourth-order valence-electron chi connectivity index (χ4n) is 3.39. The molecule has 1 saturated heterocycles. The lowest BCUT2D eigenvalue weighted by atomic mass is 9.97. The number of hydrogen-bond acceptors (Lipinski definition) is 4. The normalized spacial score (nSPS) is 16.1. The van der Waals surface area contributed by atoms with E-state index in [-0.39, 0.29) is 17.5 Å². The number of aromatic amines is 1. The Kier molecular flexibility index (Phi) is 5.63. The second-order valence-corrected chi connectivity index (χ2v) is 6.93. The molecule has 0 bridgehead atoms. The lowest BCUT2D eigenvalue weighted by Gasteiger charge is -2.30. The van der Waals surface area contributed by atoms with Gasteiger partial charge in [-0.2, -0.15) is 0 Å². The summed E-state index contributed by atoms with van der Waals surface area (Å²) in [5.74, 6) is 0.500. The van der Waals surface area contributed by atoms with Gasteiger partial charge in [0.1, 0.15) is 5.82 Å². The first-order chi connectivity index (χ1) is 12.9. The first kappa shape index (κ1) is 18.8. The summed E-state index contributed by atoms with van der Waals surface area (Å²) in [4.78, 5) is 39.9. The molecule has 0 aliphatic carbocycles. The fraction of sp³-hybridized carbons (Fsp3) is 0.421. The molecular weight excluding hydrogens is 348 g/mol. The van der Waals surface area contributed by atoms with Crippen LogP contribution in [0.3, 0.4) is 0 Å². The van der Waals surface area contributed by atoms with Crippen molar-refractivity contribution in [1.29, 1.82) is 0 Å². The number of piperidine rings is 1. The van der Waals surface area contributed by atoms with Gasteiger partial charge in [0.2, 0.25) is 0 Å². The zero-order valence-electron chi connectivity index (χ0n) is 15.2. The predicted molar refractivity (Wildman–Crippen MR) is 102 cm³/mol. The molecule has 3 rings (SSSR count). The van der Waals surface area contributed by atoms with Crippen LogP contribution in [0.4, 0.5) is 10.6 Å². The summed E-state index contributed by atoms with van der Waals surface area (Å²) in [6.45, 7) is 3.12. The van der Waals surface area contributed by atoms with Crippen molar-refractivity contribution in [2.75, 3.05) is 18.4 Å². The maximum Gasteiger partial charge on any atom is 0.407 e. The Morgan fingerprint density at radius 1 is 1.26 bits per heavy atom. The van der Waals surface area contributed by atoms with Gasteiger partial charge in [0.05, 0.1) is 0 Å². The zero-order chi connectivity index (χ0) is 19.4. The minimum absolute atomic E-state index is 0.0579. The molecule has 8 nitrogen and oxygen atoms in total. The lowest BCUT2D eigenvalue weighted by molar-refractivity contribution is 0.121. The summed E-state index contributed by atoms with van der Waals surface area (Å²) in [5, 5.41) is 12.1. The summed E-state index contributed by atoms with van der Waals surface area (Å²) in [6.07, 6.45) is 0.360. The second-order valence-electron chi connectivity index (χ2n) is 6.93. The molecule has 2 aromatic rings. The molecule has 1 aliphatic rings. The van der Waals surface area contributed by atoms with Gasteiger partial charge in [-0.1, -0.05) is 30.3 Å². The molecule has 1 aromatic carbocycles. The molecule has 27 heavy (non-hydrogen) atoms. The van der Waals surface area contributed by atoms with Gasteiger partial charge >= 0.3 is 11.8 Å². The Labute approximate surface area is 156 Å². The van der Waals surface area contributed by atoms with Crippen molar-refractivity contribution in [3.8, 4) is 0 Å². The molecule has 1 atom stereocenters. The highest BCUT2D eigenvalue weighted by Crippen LogP contribution is 2.19. The first-order valence-corrected chi connectivity index (χ1v) is 9.07. The van der Waals surface area contributed by atoms with Gasteiger partial charge in [-0.3, -0.25) is 14.3 Å². The van der Waals surface area contributed by atoms with E-state index in [4.69, 9.17) is 5.11 Å². The number of nitrogens with one attached hydrogen (secondary N) is 2. The molecule has 8 heteroatoms. The quantitative estimate of drug-likeness (QED) is 0.745. The molecule has 1 aliphatic heterocycles. The van der Waals surface area contributed by atoms with Gasteiger partial charge in [0, 0.05) is 31.7 Å². The van der Waals surface area contributed by atoms with Gasteiger partial charge in [-0.15, -0.1) is 0 Å². The number of aromatic nitrogens is 2. The van der Waals surface area contributed by atoms with Crippen LogP contribution < -0.4 is 16.6 Å². The second kappa shape index (κ2) is 8.11. The van der Waals surface area contributed by atoms with E-state index in [9.17, 15) is 14.4 Å². The number of nitrogens with zero attached hydrogens (tertiary/aromatic N) is 2. The number of hydrogen-bond donors (Lipinski definition) is 3. The predicted octanol–water partition coefficient (Wildman–Crippen LogP) is 2.10. The monoisotopic (exact) mass is 372 g/mol. The van der Waals surface area contributed by atoms with E-state index >= 15 is 0 Å². The Morgan fingerprint density at radius 3 is 2.52 bits per heavy atom. The molecule has 1 amide bonds. The molecule has 2 heterocycles. The molecule has 3 N–H and O–H groups in total. The average Bonchev–Trinajstić information content (AvgIpc) is 2.66. The molecule has 1 fully saturated rings. The summed E-state index contributed by atoms with van der Waals surface area (Å²) in [7, 11) is 0. The highest BCUT2D eigenvalue weighted by atomic mass is 16.4. The summed E-state index contributed by atoms with van der Waals surface area (Å²) in [6, 6.07) is 11.1. The standard InChI is InChI=1S/C19H24N4O4/c1-13(15-5-3-2-4-6-15)20-16-11-17(24)23(18(25)21-16)12-14-7-9-22(10-8-14)19(26)27/h2-6,11,13-14,20H,7-10,12H2,1H3,(H,21,25)(H,26,27)/t13-/m0/s1. The molecular formula is C19H24N4O4. The van der Waals surface area contributed by atoms with E-state index in [1.165, 1.54) is 15.5 Å². The van der Waals surface area contributed by atoms with Gasteiger partial charge in [-0.05, 0) is 31.2 Å². The third-order valence-corrected chi connectivity index (χ3v) is 5.02. The van der Waals surface area contributed by atoms with E-state index in [1.807, 2.05) is 37.3 Å². The van der Waals surface area contributed by atoms with Crippen LogP contribution in [-0.4, -0.2) is 38.7 Å². The molecule has 0 radical (unpaired) electrons. The van der Waals surface area contributed by atoms with Crippen LogP contribution in [0.2, 0.25) is 0 Å². The minimum Gasteiger partial charge on any atom is -0.465 e. The largest absolute Gasteiger partial charge is 0.465 e. The Morgan fingerprint density at radius 2 is 1.93 bits per heavy atom. The molecule has 0 saturated carbocycles. The SMILES string of the molecule is C[C@H](Nc1cc(=O)n(CC2CCN(C(=O)O)CC2)c(=O)[nH]1)c1ccccc1. The molecule has 0 spiro atoms. The van der Waals surface area contributed by atoms with Crippen molar-refractivity contribution < 1.29 is 9.90 Å². The third kappa shape index (κ3) is 4.58. The van der Waals surface area contributed by atoms with Gasteiger partial charge in [-0.25, -0.2) is 9.59 Å². The van der Waals surface area contributed by atoms with E-state index in [0.717, 1.165) is 5.56 Å². The van der Waals surface area contributed by atoms with Crippen molar-refractivity contribution >= 4 is 11.9 Å². The van der Waals surface area contributed by atoms with Crippen LogP contribution in [0.1, 0.15) is 31.4 Å². The van der Waals surface area contributed by atoms with Crippen molar-refractivity contribution in [1.82, 2.24) is 14.5 Å². The van der Waals surface area contributed by atoms with E-state index < -0.39 is 11.8 Å². The Balaban J connectivity index is 1.68. The van der Waals surface area contributed by atoms with Crippen LogP contribution in [0.5, 0.6) is 0 Å². The topological polar surface area (TPSA) is 107 Å². The van der Waals surface area contributed by atoms with Crippen LogP contribution in [0.15, 0.2) is 46.0 Å². The first-order valence-electron chi connectivity index (χ1n) is 9.07. The molecule has 0 unspecified atom stereocenters. The maximum absolute atomic E-state index is 12.4. The van der Waals surface area contributed by atoms with Crippen molar-refractivity contribution in [3.63, 3.8) is 0 Å². The van der Waals surface area contributed by atoms with E-state index in [2.05, 4.69) is 10.3 Å². The van der Waals surface area contributed by atoms with Gasteiger partial charge < -0.3 is 15.3 Å². The lowest BCUT2D eigenvalue weighted by Crippen LogP contribution is -2.42. The number of anilines is 1. The van der Waals surface area contributed by atoms with Crippen LogP contribution >= 0.6 is 0 Å². The number of carbonyl (C=O) groups is 1. The Bertz CT molecular complexity index is 867. The zero-order valence-corrected chi connectivity index (χ0v) is 15.2. The number of likely N-dealkylation sites (tertiary alicyclic amines) is 1. The highest BCUT2D eigenvalue weighted by Gasteiger charge is 2.23. The van der Waals surface area contributed by atoms with Crippen molar-refractivity contribution in [2.45, 2.75) is 32.4 Å². The van der Waals surface area contributed by atoms with Gasteiger partial charge in [0.25, 0.3) is 5.56 Å². The number of amides is 1.